The zero-order chi connectivity index (χ0) is 25.8. The van der Waals surface area contributed by atoms with E-state index in [1.54, 1.807) is 0 Å². The van der Waals surface area contributed by atoms with Gasteiger partial charge in [0.2, 0.25) is 0 Å². The molecule has 3 aromatic carbocycles. The number of morpholine rings is 1. The highest BCUT2D eigenvalue weighted by Crippen LogP contribution is 2.40. The van der Waals surface area contributed by atoms with Crippen molar-refractivity contribution >= 4 is 32.7 Å². The quantitative estimate of drug-likeness (QED) is 0.304. The van der Waals surface area contributed by atoms with Gasteiger partial charge in [0.15, 0.2) is 0 Å². The summed E-state index contributed by atoms with van der Waals surface area (Å²) in [4.78, 5) is 9.77. The lowest BCUT2D eigenvalue weighted by atomic mass is 9.82. The molecule has 1 aromatic heterocycles. The van der Waals surface area contributed by atoms with E-state index in [1.807, 2.05) is 56.6 Å². The van der Waals surface area contributed by atoms with E-state index in [0.717, 1.165) is 58.4 Å². The van der Waals surface area contributed by atoms with Gasteiger partial charge in [-0.05, 0) is 55.4 Å². The fraction of sp³-hybridized carbons (Fsp3) is 0.323. The Morgan fingerprint density at radius 3 is 2.32 bits per heavy atom. The molecule has 1 fully saturated rings. The van der Waals surface area contributed by atoms with Gasteiger partial charge in [-0.25, -0.2) is 4.98 Å². The van der Waals surface area contributed by atoms with Gasteiger partial charge in [-0.2, -0.15) is 0 Å². The Bertz CT molecular complexity index is 1340. The van der Waals surface area contributed by atoms with Crippen LogP contribution in [0.4, 0.5) is 5.82 Å². The zero-order valence-corrected chi connectivity index (χ0v) is 23.1. The predicted octanol–water partition coefficient (Wildman–Crippen LogP) is 5.61. The van der Waals surface area contributed by atoms with Crippen molar-refractivity contribution in [1.29, 1.82) is 0 Å². The van der Waals surface area contributed by atoms with Crippen LogP contribution in [-0.2, 0) is 16.8 Å². The Morgan fingerprint density at radius 2 is 1.65 bits per heavy atom. The molecule has 2 heterocycles. The summed E-state index contributed by atoms with van der Waals surface area (Å²) >= 11 is 3.74. The minimum atomic E-state index is -1.19. The van der Waals surface area contributed by atoms with E-state index in [4.69, 9.17) is 9.72 Å². The minimum absolute atomic E-state index is 0.551. The summed E-state index contributed by atoms with van der Waals surface area (Å²) in [7, 11) is 4.07. The molecule has 1 saturated heterocycles. The van der Waals surface area contributed by atoms with Crippen LogP contribution in [0.5, 0.6) is 0 Å². The molecule has 0 saturated carbocycles. The van der Waals surface area contributed by atoms with Gasteiger partial charge >= 0.3 is 0 Å². The summed E-state index contributed by atoms with van der Waals surface area (Å²) in [5.74, 6) is 0.978. The standard InChI is InChI=1S/C31H34BrN3O2/c1-34(2)14-13-31(36,26-11-7-4-8-12-26)28-22-27(32)21-24-20-25(19-23-9-5-3-6-10-23)30(33-29(24)28)35-15-17-37-18-16-35/h3-12,20-22,36H,13-19H2,1-2H3. The van der Waals surface area contributed by atoms with Crippen molar-refractivity contribution in [2.24, 2.45) is 0 Å². The first kappa shape index (κ1) is 25.9. The highest BCUT2D eigenvalue weighted by atomic mass is 79.9. The third-order valence-electron chi connectivity index (χ3n) is 7.10. The maximum Gasteiger partial charge on any atom is 0.132 e. The van der Waals surface area contributed by atoms with E-state index in [0.29, 0.717) is 19.6 Å². The van der Waals surface area contributed by atoms with Crippen molar-refractivity contribution in [3.8, 4) is 0 Å². The van der Waals surface area contributed by atoms with Crippen LogP contribution < -0.4 is 4.90 Å². The van der Waals surface area contributed by atoms with Gasteiger partial charge in [0.25, 0.3) is 0 Å². The van der Waals surface area contributed by atoms with Gasteiger partial charge in [0.05, 0.1) is 18.7 Å². The van der Waals surface area contributed by atoms with Crippen molar-refractivity contribution in [1.82, 2.24) is 9.88 Å². The lowest BCUT2D eigenvalue weighted by molar-refractivity contribution is 0.0641. The number of benzene rings is 3. The number of pyridine rings is 1. The van der Waals surface area contributed by atoms with Crippen LogP contribution in [0.2, 0.25) is 0 Å². The second kappa shape index (κ2) is 11.3. The van der Waals surface area contributed by atoms with E-state index >= 15 is 0 Å². The highest BCUT2D eigenvalue weighted by Gasteiger charge is 2.34. The Kier molecular flexibility index (Phi) is 7.91. The average Bonchev–Trinajstić information content (AvgIpc) is 2.92. The van der Waals surface area contributed by atoms with Crippen LogP contribution in [0, 0.1) is 0 Å². The fourth-order valence-corrected chi connectivity index (χ4v) is 5.60. The Morgan fingerprint density at radius 1 is 0.973 bits per heavy atom. The number of halogens is 1. The lowest BCUT2D eigenvalue weighted by Crippen LogP contribution is -2.37. The van der Waals surface area contributed by atoms with Crippen LogP contribution in [0.15, 0.2) is 83.3 Å². The monoisotopic (exact) mass is 559 g/mol. The Balaban J connectivity index is 1.71. The molecule has 0 aliphatic carbocycles. The summed E-state index contributed by atoms with van der Waals surface area (Å²) in [6.07, 6.45) is 1.35. The van der Waals surface area contributed by atoms with Crippen molar-refractivity contribution in [2.75, 3.05) is 51.8 Å². The summed E-state index contributed by atoms with van der Waals surface area (Å²) in [6.45, 7) is 3.72. The van der Waals surface area contributed by atoms with E-state index in [9.17, 15) is 5.11 Å². The molecule has 0 spiro atoms. The maximum absolute atomic E-state index is 12.4. The fourth-order valence-electron chi connectivity index (χ4n) is 5.13. The van der Waals surface area contributed by atoms with Crippen molar-refractivity contribution in [3.63, 3.8) is 0 Å². The zero-order valence-electron chi connectivity index (χ0n) is 21.5. The molecular formula is C31H34BrN3O2. The van der Waals surface area contributed by atoms with Crippen molar-refractivity contribution in [3.05, 3.63) is 106 Å². The molecule has 0 amide bonds. The number of aliphatic hydroxyl groups is 1. The number of hydrogen-bond donors (Lipinski definition) is 1. The summed E-state index contributed by atoms with van der Waals surface area (Å²) < 4.78 is 6.58. The highest BCUT2D eigenvalue weighted by molar-refractivity contribution is 9.10. The number of rotatable bonds is 8. The molecular weight excluding hydrogens is 526 g/mol. The normalized spacial score (nSPS) is 15.8. The van der Waals surface area contributed by atoms with Crippen molar-refractivity contribution < 1.29 is 9.84 Å². The van der Waals surface area contributed by atoms with Crippen LogP contribution in [0.3, 0.4) is 0 Å². The van der Waals surface area contributed by atoms with E-state index in [1.165, 1.54) is 11.1 Å². The molecule has 1 aliphatic rings. The number of nitrogens with zero attached hydrogens (tertiary/aromatic N) is 3. The van der Waals surface area contributed by atoms with Gasteiger partial charge in [-0.1, -0.05) is 76.6 Å². The van der Waals surface area contributed by atoms with Crippen LogP contribution >= 0.6 is 15.9 Å². The van der Waals surface area contributed by atoms with E-state index in [-0.39, 0.29) is 0 Å². The predicted molar refractivity (Wildman–Crippen MR) is 154 cm³/mol. The third-order valence-corrected chi connectivity index (χ3v) is 7.56. The molecule has 1 N–H and O–H groups in total. The largest absolute Gasteiger partial charge is 0.380 e. The summed E-state index contributed by atoms with van der Waals surface area (Å²) in [6, 6.07) is 26.9. The van der Waals surface area contributed by atoms with Gasteiger partial charge in [-0.3, -0.25) is 0 Å². The topological polar surface area (TPSA) is 48.8 Å². The average molecular weight is 561 g/mol. The minimum Gasteiger partial charge on any atom is -0.380 e. The number of hydrogen-bond acceptors (Lipinski definition) is 5. The van der Waals surface area contributed by atoms with Crippen LogP contribution in [-0.4, -0.2) is 61.9 Å². The second-order valence-corrected chi connectivity index (χ2v) is 11.0. The van der Waals surface area contributed by atoms with Crippen LogP contribution in [0.1, 0.15) is 28.7 Å². The van der Waals surface area contributed by atoms with Gasteiger partial charge < -0.3 is 19.6 Å². The van der Waals surface area contributed by atoms with E-state index < -0.39 is 5.60 Å². The molecule has 1 atom stereocenters. The smallest absolute Gasteiger partial charge is 0.132 e. The molecule has 5 nitrogen and oxygen atoms in total. The van der Waals surface area contributed by atoms with Crippen LogP contribution in [0.25, 0.3) is 10.9 Å². The number of ether oxygens (including phenoxy) is 1. The van der Waals surface area contributed by atoms with Gasteiger partial charge in [0, 0.05) is 41.5 Å². The van der Waals surface area contributed by atoms with E-state index in [2.05, 4.69) is 62.1 Å². The maximum atomic E-state index is 12.4. The van der Waals surface area contributed by atoms with Gasteiger partial charge in [0.1, 0.15) is 11.4 Å². The molecule has 192 valence electrons. The summed E-state index contributed by atoms with van der Waals surface area (Å²) in [5, 5.41) is 13.4. The lowest BCUT2D eigenvalue weighted by Gasteiger charge is -2.33. The number of fused-ring (bicyclic) bond motifs is 1. The molecule has 6 heteroatoms. The number of aromatic nitrogens is 1. The molecule has 1 aliphatic heterocycles. The third kappa shape index (κ3) is 5.73. The first-order valence-electron chi connectivity index (χ1n) is 12.9. The van der Waals surface area contributed by atoms with Crippen molar-refractivity contribution in [2.45, 2.75) is 18.4 Å². The Hall–Kier alpha value is -2.77. The second-order valence-electron chi connectivity index (χ2n) is 10.0. The molecule has 37 heavy (non-hydrogen) atoms. The first-order chi connectivity index (χ1) is 17.9. The first-order valence-corrected chi connectivity index (χ1v) is 13.7. The molecule has 0 radical (unpaired) electrons. The molecule has 4 aromatic rings. The SMILES string of the molecule is CN(C)CCC(O)(c1ccccc1)c1cc(Br)cc2cc(Cc3ccccc3)c(N3CCOCC3)nc12. The Labute approximate surface area is 227 Å². The molecule has 1 unspecified atom stereocenters. The molecule has 0 bridgehead atoms. The van der Waals surface area contributed by atoms with Gasteiger partial charge in [-0.15, -0.1) is 0 Å². The summed E-state index contributed by atoms with van der Waals surface area (Å²) in [5.41, 5.74) is 3.78. The molecule has 5 rings (SSSR count). The number of anilines is 1.